The second kappa shape index (κ2) is 39.2. The highest BCUT2D eigenvalue weighted by Gasteiger charge is 2.22. The van der Waals surface area contributed by atoms with E-state index in [1.807, 2.05) is 101 Å². The van der Waals surface area contributed by atoms with Gasteiger partial charge in [-0.25, -0.2) is 0 Å². The summed E-state index contributed by atoms with van der Waals surface area (Å²) in [5, 5.41) is 0. The first-order valence-corrected chi connectivity index (χ1v) is 35.6. The van der Waals surface area contributed by atoms with Crippen molar-refractivity contribution in [1.82, 2.24) is 9.80 Å². The summed E-state index contributed by atoms with van der Waals surface area (Å²) >= 11 is 0. The number of benzene rings is 9. The van der Waals surface area contributed by atoms with E-state index in [1.165, 1.54) is 52.8 Å². The predicted molar refractivity (Wildman–Crippen MR) is 410 cm³/mol. The average Bonchev–Trinajstić information content (AvgIpc) is 0.810. The van der Waals surface area contributed by atoms with E-state index in [1.54, 1.807) is 6.07 Å². The Hall–Kier alpha value is -9.82. The summed E-state index contributed by atoms with van der Waals surface area (Å²) in [5.41, 5.74) is 17.2. The van der Waals surface area contributed by atoms with Crippen molar-refractivity contribution in [3.8, 4) is 34.5 Å². The van der Waals surface area contributed by atoms with Crippen molar-refractivity contribution in [2.45, 2.75) is 105 Å². The normalized spacial score (nSPS) is 15.1. The van der Waals surface area contributed by atoms with Crippen molar-refractivity contribution in [2.75, 3.05) is 67.7 Å². The fourth-order valence-corrected chi connectivity index (χ4v) is 12.4. The van der Waals surface area contributed by atoms with Crippen LogP contribution in [-0.4, -0.2) is 102 Å². The number of nitrogens with zero attached hydrogens (tertiary/aromatic N) is 2. The molecule has 526 valence electrons. The first kappa shape index (κ1) is 75.4. The zero-order valence-corrected chi connectivity index (χ0v) is 60.6. The molecule has 101 heavy (non-hydrogen) atoms. The lowest BCUT2D eigenvalue weighted by Gasteiger charge is -2.24. The van der Waals surface area contributed by atoms with Crippen LogP contribution in [0.5, 0.6) is 34.5 Å². The summed E-state index contributed by atoms with van der Waals surface area (Å²) in [4.78, 5) is 27.2. The first-order chi connectivity index (χ1) is 49.1. The largest absolute Gasteiger partial charge is 0.492 e. The number of likely N-dealkylation sites (N-methyl/N-ethyl adjacent to an activating group) is 2. The molecule has 9 aromatic carbocycles. The van der Waals surface area contributed by atoms with Gasteiger partial charge < -0.3 is 47.7 Å². The van der Waals surface area contributed by atoms with Crippen molar-refractivity contribution < 1.29 is 47.5 Å². The van der Waals surface area contributed by atoms with Crippen LogP contribution in [0.2, 0.25) is 0 Å². The van der Waals surface area contributed by atoms with Crippen LogP contribution >= 0.6 is 0 Å². The Morgan fingerprint density at radius 2 is 0.733 bits per heavy atom. The van der Waals surface area contributed by atoms with Crippen LogP contribution in [0, 0.1) is 5.92 Å². The van der Waals surface area contributed by atoms with Gasteiger partial charge in [0.1, 0.15) is 47.7 Å². The lowest BCUT2D eigenvalue weighted by atomic mass is 9.84. The minimum atomic E-state index is -0.330. The molecule has 0 amide bonds. The van der Waals surface area contributed by atoms with E-state index in [2.05, 4.69) is 195 Å². The Bertz CT molecular complexity index is 4110. The van der Waals surface area contributed by atoms with E-state index in [0.717, 1.165) is 145 Å². The molecule has 0 aliphatic carbocycles. The molecule has 2 atom stereocenters. The summed E-state index contributed by atoms with van der Waals surface area (Å²) in [6.07, 6.45) is 7.84. The van der Waals surface area contributed by atoms with E-state index in [4.69, 9.17) is 37.9 Å². The number of ether oxygens (including phenoxy) is 8. The van der Waals surface area contributed by atoms with Gasteiger partial charge in [-0.2, -0.15) is 0 Å². The molecule has 12 nitrogen and oxygen atoms in total. The minimum absolute atomic E-state index is 0.147. The molecule has 11 rings (SSSR count). The van der Waals surface area contributed by atoms with Gasteiger partial charge in [-0.15, -0.1) is 0 Å². The predicted octanol–water partition coefficient (Wildman–Crippen LogP) is 20.0. The molecule has 0 aromatic heterocycles. The van der Waals surface area contributed by atoms with Gasteiger partial charge in [0.25, 0.3) is 0 Å². The molecule has 2 fully saturated rings. The molecular formula is C89H100N2O10. The molecule has 12 heteroatoms. The molecule has 0 radical (unpaired) electrons. The van der Waals surface area contributed by atoms with Gasteiger partial charge in [0.2, 0.25) is 0 Å². The van der Waals surface area contributed by atoms with Crippen LogP contribution in [0.1, 0.15) is 143 Å². The molecule has 2 unspecified atom stereocenters. The molecule has 2 aliphatic heterocycles. The molecule has 0 bridgehead atoms. The highest BCUT2D eigenvalue weighted by Crippen LogP contribution is 2.41. The lowest BCUT2D eigenvalue weighted by molar-refractivity contribution is -0.132. The molecule has 9 aromatic rings. The van der Waals surface area contributed by atoms with Crippen molar-refractivity contribution in [3.05, 3.63) is 287 Å². The van der Waals surface area contributed by atoms with Crippen molar-refractivity contribution in [2.24, 2.45) is 5.92 Å². The number of allylic oxidation sites excluding steroid dienone is 3. The maximum atomic E-state index is 11.5. The first-order valence-electron chi connectivity index (χ1n) is 35.6. The summed E-state index contributed by atoms with van der Waals surface area (Å²) in [6.45, 7) is 16.2. The molecule has 2 saturated heterocycles. The zero-order chi connectivity index (χ0) is 71.3. The number of hydrogen-bond acceptors (Lipinski definition) is 12. The Labute approximate surface area is 599 Å². The number of hydrogen-bond donors (Lipinski definition) is 0. The van der Waals surface area contributed by atoms with Crippen LogP contribution in [0.4, 0.5) is 0 Å². The Kier molecular flexibility index (Phi) is 29.3. The maximum Gasteiger partial charge on any atom is 0.308 e. The number of rotatable bonds is 26. The van der Waals surface area contributed by atoms with Gasteiger partial charge in [0.05, 0.1) is 13.2 Å². The zero-order valence-electron chi connectivity index (χ0n) is 60.6. The van der Waals surface area contributed by atoms with Crippen LogP contribution < -0.4 is 28.4 Å². The minimum Gasteiger partial charge on any atom is -0.492 e. The molecule has 2 heterocycles. The Morgan fingerprint density at radius 1 is 0.386 bits per heavy atom. The van der Waals surface area contributed by atoms with Gasteiger partial charge in [-0.1, -0.05) is 191 Å². The molecule has 2 aliphatic rings. The van der Waals surface area contributed by atoms with E-state index in [-0.39, 0.29) is 30.4 Å². The van der Waals surface area contributed by atoms with Crippen LogP contribution in [0.15, 0.2) is 237 Å². The summed E-state index contributed by atoms with van der Waals surface area (Å²) in [6, 6.07) is 80.2. The maximum absolute atomic E-state index is 11.5. The van der Waals surface area contributed by atoms with E-state index >= 15 is 0 Å². The molecule has 0 spiro atoms. The third-order valence-electron chi connectivity index (χ3n) is 17.2. The van der Waals surface area contributed by atoms with E-state index in [9.17, 15) is 9.59 Å². The second-order valence-corrected chi connectivity index (χ2v) is 25.9. The summed E-state index contributed by atoms with van der Waals surface area (Å²) in [5.74, 6) is 4.08. The van der Waals surface area contributed by atoms with Crippen molar-refractivity contribution in [1.29, 1.82) is 0 Å². The topological polar surface area (TPSA) is 114 Å². The van der Waals surface area contributed by atoms with Crippen molar-refractivity contribution in [3.63, 3.8) is 0 Å². The quantitative estimate of drug-likeness (QED) is 0.0292. The van der Waals surface area contributed by atoms with Crippen molar-refractivity contribution >= 4 is 45.4 Å². The van der Waals surface area contributed by atoms with Crippen LogP contribution in [-0.2, 0) is 19.1 Å². The monoisotopic (exact) mass is 1360 g/mol. The van der Waals surface area contributed by atoms with Crippen LogP contribution in [0.3, 0.4) is 0 Å². The van der Waals surface area contributed by atoms with Gasteiger partial charge in [0, 0.05) is 39.8 Å². The Morgan fingerprint density at radius 3 is 1.10 bits per heavy atom. The SMILES string of the molecule is CC(=O)Oc1cccc(/C(=C(/c2ccccc2)C(C)C)c2ccc(OCCN(C)C)cc2)c1.CC/C(=C(/c1ccc(OC2CCCCO2)cc1)c1cccc(OC2CCCCO2)c1)c1ccccc1.CC/C(=C(/c1ccc(OCCN(C)C)cc1)c1cccc(OC(C)=O)c1)c1ccccc1. The third-order valence-corrected chi connectivity index (χ3v) is 17.2. The smallest absolute Gasteiger partial charge is 0.308 e. The fourth-order valence-electron chi connectivity index (χ4n) is 12.4. The molecule has 0 saturated carbocycles. The van der Waals surface area contributed by atoms with Gasteiger partial charge in [-0.05, 0) is 229 Å². The van der Waals surface area contributed by atoms with Gasteiger partial charge in [0.15, 0.2) is 12.6 Å². The number of carbonyl (C=O) groups is 2. The fraction of sp³-hybridized carbons (Fsp3) is 0.303. The summed E-state index contributed by atoms with van der Waals surface area (Å²) in [7, 11) is 8.13. The van der Waals surface area contributed by atoms with E-state index < -0.39 is 0 Å². The highest BCUT2D eigenvalue weighted by atomic mass is 16.7. The van der Waals surface area contributed by atoms with Gasteiger partial charge in [-0.3, -0.25) is 9.59 Å². The highest BCUT2D eigenvalue weighted by molar-refractivity contribution is 6.01. The van der Waals surface area contributed by atoms with E-state index in [0.29, 0.717) is 24.7 Å². The third kappa shape index (κ3) is 23.1. The molecular weight excluding hydrogens is 1260 g/mol. The standard InChI is InChI=1S/C32H36O4.C29H33NO3.C28H31NO3/c1-2-29(24-11-4-3-5-12-24)32(25-17-19-27(20-18-25)35-30-15-6-8-21-33-30)26-13-10-14-28(23-26)36-31-16-7-9-22-34-31;1-21(2)28(23-10-7-6-8-11-23)29(25-12-9-13-27(20-25)33-22(3)31)24-14-16-26(17-15-24)32-19-18-30(4)5;1-5-27(22-10-7-6-8-11-22)28(24-12-9-13-26(20-24)32-21(2)30)23-14-16-25(17-15-23)31-19-18-29(3)4/h3-5,10-14,17-20,23,30-31H,2,6-9,15-16,21-22H2,1H3;6-17,20-21H,18-19H2,1-5H3;6-17,20H,5,18-19H2,1-4H3/b32-29+;29-28+;28-27+. The average molecular weight is 1360 g/mol. The lowest BCUT2D eigenvalue weighted by Crippen LogP contribution is -2.25. The number of carbonyl (C=O) groups excluding carboxylic acids is 2. The molecule has 0 N–H and O–H groups in total. The Balaban J connectivity index is 0.000000177. The second-order valence-electron chi connectivity index (χ2n) is 25.9. The van der Waals surface area contributed by atoms with Gasteiger partial charge >= 0.3 is 11.9 Å². The van der Waals surface area contributed by atoms with Crippen LogP contribution in [0.25, 0.3) is 33.4 Å². The summed E-state index contributed by atoms with van der Waals surface area (Å²) < 4.78 is 46.4. The number of esters is 2.